The molecule has 0 aliphatic heterocycles. The summed E-state index contributed by atoms with van der Waals surface area (Å²) in [6.45, 7) is 0. The highest BCUT2D eigenvalue weighted by molar-refractivity contribution is 6.30. The van der Waals surface area contributed by atoms with E-state index in [9.17, 15) is 14.4 Å². The molecule has 0 radical (unpaired) electrons. The van der Waals surface area contributed by atoms with Gasteiger partial charge in [0.05, 0.1) is 23.4 Å². The normalized spacial score (nSPS) is 13.1. The summed E-state index contributed by atoms with van der Waals surface area (Å²) in [4.78, 5) is 11.2. The molecular formula is C17H13ClFNO2. The minimum atomic E-state index is -1.03. The molecule has 3 nitrogen and oxygen atoms in total. The second kappa shape index (κ2) is 7.06. The van der Waals surface area contributed by atoms with Crippen LogP contribution in [-0.4, -0.2) is 11.1 Å². The average Bonchev–Trinajstić information content (AvgIpc) is 2.50. The first-order valence-electron chi connectivity index (χ1n) is 6.64. The lowest BCUT2D eigenvalue weighted by atomic mass is 9.80. The first-order valence-corrected chi connectivity index (χ1v) is 7.02. The smallest absolute Gasteiger partial charge is 0.304 e. The minimum Gasteiger partial charge on any atom is -0.481 e. The number of carboxylic acids is 1. The lowest BCUT2D eigenvalue weighted by molar-refractivity contribution is -0.137. The Morgan fingerprint density at radius 3 is 2.45 bits per heavy atom. The molecule has 2 aromatic rings. The maximum atomic E-state index is 13.3. The Bertz CT molecular complexity index is 712. The van der Waals surface area contributed by atoms with E-state index in [4.69, 9.17) is 16.7 Å². The van der Waals surface area contributed by atoms with Gasteiger partial charge in [0.1, 0.15) is 5.82 Å². The lowest BCUT2D eigenvalue weighted by Gasteiger charge is -2.21. The molecule has 112 valence electrons. The Hall–Kier alpha value is -2.38. The molecule has 0 bridgehead atoms. The van der Waals surface area contributed by atoms with Gasteiger partial charge in [0.25, 0.3) is 0 Å². The van der Waals surface area contributed by atoms with Crippen molar-refractivity contribution in [3.63, 3.8) is 0 Å². The summed E-state index contributed by atoms with van der Waals surface area (Å²) in [5, 5.41) is 18.6. The van der Waals surface area contributed by atoms with Crippen LogP contribution in [0.2, 0.25) is 5.02 Å². The van der Waals surface area contributed by atoms with Crippen molar-refractivity contribution in [3.8, 4) is 6.07 Å². The predicted octanol–water partition coefficient (Wildman–Crippen LogP) is 4.34. The van der Waals surface area contributed by atoms with Crippen molar-refractivity contribution in [1.29, 1.82) is 5.26 Å². The third-order valence-electron chi connectivity index (χ3n) is 3.47. The molecule has 0 fully saturated rings. The van der Waals surface area contributed by atoms with E-state index in [0.29, 0.717) is 5.56 Å². The quantitative estimate of drug-likeness (QED) is 0.892. The van der Waals surface area contributed by atoms with Gasteiger partial charge in [-0.25, -0.2) is 4.39 Å². The second-order valence-electron chi connectivity index (χ2n) is 4.90. The summed E-state index contributed by atoms with van der Waals surface area (Å²) in [5.41, 5.74) is 1.25. The van der Waals surface area contributed by atoms with Gasteiger partial charge < -0.3 is 5.11 Å². The zero-order valence-electron chi connectivity index (χ0n) is 11.5. The SMILES string of the molecule is N#CC(c1ccccc1)C(CC(=O)O)c1ccc(F)c(Cl)c1. The summed E-state index contributed by atoms with van der Waals surface area (Å²) < 4.78 is 13.3. The van der Waals surface area contributed by atoms with Crippen molar-refractivity contribution in [2.24, 2.45) is 0 Å². The zero-order chi connectivity index (χ0) is 16.1. The number of nitriles is 1. The van der Waals surface area contributed by atoms with Crippen LogP contribution in [0.15, 0.2) is 48.5 Å². The van der Waals surface area contributed by atoms with Crippen molar-refractivity contribution in [2.45, 2.75) is 18.3 Å². The molecule has 0 aromatic heterocycles. The van der Waals surface area contributed by atoms with Crippen LogP contribution >= 0.6 is 11.6 Å². The summed E-state index contributed by atoms with van der Waals surface area (Å²) in [5.74, 6) is -2.86. The molecule has 2 aromatic carbocycles. The average molecular weight is 318 g/mol. The molecule has 2 atom stereocenters. The molecule has 0 heterocycles. The topological polar surface area (TPSA) is 61.1 Å². The number of carboxylic acid groups (broad SMARTS) is 1. The number of halogens is 2. The number of benzene rings is 2. The summed E-state index contributed by atoms with van der Waals surface area (Å²) in [6, 6.07) is 15.1. The molecule has 0 aliphatic carbocycles. The van der Waals surface area contributed by atoms with Crippen molar-refractivity contribution in [1.82, 2.24) is 0 Å². The van der Waals surface area contributed by atoms with Gasteiger partial charge in [-0.3, -0.25) is 4.79 Å². The van der Waals surface area contributed by atoms with E-state index in [1.807, 2.05) is 6.07 Å². The van der Waals surface area contributed by atoms with Crippen molar-refractivity contribution < 1.29 is 14.3 Å². The van der Waals surface area contributed by atoms with Crippen LogP contribution in [0.5, 0.6) is 0 Å². The third kappa shape index (κ3) is 3.63. The fraction of sp³-hybridized carbons (Fsp3) is 0.176. The zero-order valence-corrected chi connectivity index (χ0v) is 12.3. The van der Waals surface area contributed by atoms with Crippen molar-refractivity contribution in [2.75, 3.05) is 0 Å². The summed E-state index contributed by atoms with van der Waals surface area (Å²) in [7, 11) is 0. The van der Waals surface area contributed by atoms with Gasteiger partial charge in [0.15, 0.2) is 0 Å². The first-order chi connectivity index (χ1) is 10.5. The van der Waals surface area contributed by atoms with Crippen LogP contribution in [0.25, 0.3) is 0 Å². The molecule has 2 unspecified atom stereocenters. The van der Waals surface area contributed by atoms with Gasteiger partial charge in [-0.15, -0.1) is 0 Å². The van der Waals surface area contributed by atoms with Gasteiger partial charge in [-0.1, -0.05) is 48.0 Å². The number of aliphatic carboxylic acids is 1. The van der Waals surface area contributed by atoms with E-state index in [1.165, 1.54) is 18.2 Å². The van der Waals surface area contributed by atoms with Gasteiger partial charge in [0, 0.05) is 5.92 Å². The maximum Gasteiger partial charge on any atom is 0.304 e. The molecule has 1 N–H and O–H groups in total. The fourth-order valence-electron chi connectivity index (χ4n) is 2.42. The molecule has 0 saturated heterocycles. The minimum absolute atomic E-state index is 0.0855. The summed E-state index contributed by atoms with van der Waals surface area (Å²) in [6.07, 6.45) is -0.241. The van der Waals surface area contributed by atoms with Crippen LogP contribution in [-0.2, 0) is 4.79 Å². The fourth-order valence-corrected chi connectivity index (χ4v) is 2.61. The Morgan fingerprint density at radius 1 is 1.23 bits per heavy atom. The standard InChI is InChI=1S/C17H13ClFNO2/c18-15-8-12(6-7-16(15)19)13(9-17(21)22)14(10-20)11-4-2-1-3-5-11/h1-8,13-14H,9H2,(H,21,22). The van der Waals surface area contributed by atoms with Gasteiger partial charge in [-0.2, -0.15) is 5.26 Å². The van der Waals surface area contributed by atoms with Crippen molar-refractivity contribution >= 4 is 17.6 Å². The molecule has 0 saturated carbocycles. The number of rotatable bonds is 5. The first kappa shape index (κ1) is 16.0. The van der Waals surface area contributed by atoms with Crippen LogP contribution in [0, 0.1) is 17.1 Å². The van der Waals surface area contributed by atoms with E-state index in [0.717, 1.165) is 5.56 Å². The molecule has 2 rings (SSSR count). The highest BCUT2D eigenvalue weighted by atomic mass is 35.5. The molecule has 22 heavy (non-hydrogen) atoms. The van der Waals surface area contributed by atoms with Gasteiger partial charge in [0.2, 0.25) is 0 Å². The molecular weight excluding hydrogens is 305 g/mol. The van der Waals surface area contributed by atoms with Gasteiger partial charge in [-0.05, 0) is 23.3 Å². The lowest BCUT2D eigenvalue weighted by Crippen LogP contribution is -2.14. The second-order valence-corrected chi connectivity index (χ2v) is 5.30. The predicted molar refractivity (Wildman–Crippen MR) is 81.2 cm³/mol. The Morgan fingerprint density at radius 2 is 1.91 bits per heavy atom. The number of hydrogen-bond donors (Lipinski definition) is 1. The summed E-state index contributed by atoms with van der Waals surface area (Å²) >= 11 is 5.78. The Kier molecular flexibility index (Phi) is 5.13. The van der Waals surface area contributed by atoms with E-state index in [2.05, 4.69) is 6.07 Å². The van der Waals surface area contributed by atoms with Crippen LogP contribution < -0.4 is 0 Å². The van der Waals surface area contributed by atoms with Gasteiger partial charge >= 0.3 is 5.97 Å². The van der Waals surface area contributed by atoms with E-state index in [1.54, 1.807) is 24.3 Å². The Balaban J connectivity index is 2.46. The number of nitrogens with zero attached hydrogens (tertiary/aromatic N) is 1. The molecule has 5 heteroatoms. The van der Waals surface area contributed by atoms with E-state index in [-0.39, 0.29) is 11.4 Å². The Labute approximate surface area is 132 Å². The molecule has 0 aliphatic rings. The molecule has 0 amide bonds. The number of carbonyl (C=O) groups is 1. The van der Waals surface area contributed by atoms with E-state index < -0.39 is 23.6 Å². The van der Waals surface area contributed by atoms with E-state index >= 15 is 0 Å². The van der Waals surface area contributed by atoms with Crippen molar-refractivity contribution in [3.05, 3.63) is 70.5 Å². The third-order valence-corrected chi connectivity index (χ3v) is 3.76. The maximum absolute atomic E-state index is 13.3. The van der Waals surface area contributed by atoms with Crippen LogP contribution in [0.1, 0.15) is 29.4 Å². The van der Waals surface area contributed by atoms with Crippen LogP contribution in [0.3, 0.4) is 0 Å². The highest BCUT2D eigenvalue weighted by Gasteiger charge is 2.27. The highest BCUT2D eigenvalue weighted by Crippen LogP contribution is 2.36. The number of hydrogen-bond acceptors (Lipinski definition) is 2. The largest absolute Gasteiger partial charge is 0.481 e. The van der Waals surface area contributed by atoms with Crippen LogP contribution in [0.4, 0.5) is 4.39 Å². The molecule has 0 spiro atoms. The monoisotopic (exact) mass is 317 g/mol.